The molecule has 0 unspecified atom stereocenters. The maximum Gasteiger partial charge on any atom is 0.123 e. The number of hydrogen-bond donors (Lipinski definition) is 1. The van der Waals surface area contributed by atoms with Gasteiger partial charge < -0.3 is 14.8 Å². The molecule has 1 fully saturated rings. The summed E-state index contributed by atoms with van der Waals surface area (Å²) in [5.74, 6) is 1.85. The summed E-state index contributed by atoms with van der Waals surface area (Å²) in [6.07, 6.45) is 2.26. The number of nitrogens with one attached hydrogen (secondary N) is 1. The molecule has 0 bridgehead atoms. The van der Waals surface area contributed by atoms with E-state index in [9.17, 15) is 0 Å². The largest absolute Gasteiger partial charge is 0.497 e. The van der Waals surface area contributed by atoms with Gasteiger partial charge in [-0.25, -0.2) is 0 Å². The Hall–Kier alpha value is -1.72. The van der Waals surface area contributed by atoms with Gasteiger partial charge in [0.2, 0.25) is 0 Å². The van der Waals surface area contributed by atoms with Crippen molar-refractivity contribution in [2.45, 2.75) is 25.4 Å². The summed E-state index contributed by atoms with van der Waals surface area (Å²) >= 11 is 3.55. The number of anilines is 1. The standard InChI is InChI=1S/C20H25BrN2O2/c1-24-19-5-3-4-18(13-19)22-17-8-10-23(11-9-17)14-15-12-16(21)6-7-20(15)25-2/h3-7,12-13,17,22H,8-11,14H2,1-2H3. The van der Waals surface area contributed by atoms with Crippen molar-refractivity contribution < 1.29 is 9.47 Å². The SMILES string of the molecule is COc1cccc(NC2CCN(Cc3cc(Br)ccc3OC)CC2)c1. The van der Waals surface area contributed by atoms with Gasteiger partial charge in [0.25, 0.3) is 0 Å². The predicted octanol–water partition coefficient (Wildman–Crippen LogP) is 4.54. The van der Waals surface area contributed by atoms with Crippen molar-refractivity contribution in [3.63, 3.8) is 0 Å². The van der Waals surface area contributed by atoms with E-state index in [2.05, 4.69) is 44.3 Å². The van der Waals surface area contributed by atoms with Crippen molar-refractivity contribution in [3.8, 4) is 11.5 Å². The van der Waals surface area contributed by atoms with Crippen LogP contribution in [0.25, 0.3) is 0 Å². The maximum absolute atomic E-state index is 5.49. The summed E-state index contributed by atoms with van der Waals surface area (Å²) in [6.45, 7) is 3.09. The van der Waals surface area contributed by atoms with Crippen LogP contribution in [0, 0.1) is 0 Å². The van der Waals surface area contributed by atoms with E-state index in [1.165, 1.54) is 5.56 Å². The van der Waals surface area contributed by atoms with Gasteiger partial charge >= 0.3 is 0 Å². The van der Waals surface area contributed by atoms with Crippen molar-refractivity contribution in [2.24, 2.45) is 0 Å². The van der Waals surface area contributed by atoms with Crippen LogP contribution < -0.4 is 14.8 Å². The highest BCUT2D eigenvalue weighted by atomic mass is 79.9. The molecule has 0 saturated carbocycles. The third-order valence-electron chi connectivity index (χ3n) is 4.66. The summed E-state index contributed by atoms with van der Waals surface area (Å²) in [5, 5.41) is 3.63. The van der Waals surface area contributed by atoms with Gasteiger partial charge in [0, 0.05) is 47.5 Å². The Morgan fingerprint density at radius 1 is 1.08 bits per heavy atom. The molecule has 3 rings (SSSR count). The second-order valence-electron chi connectivity index (χ2n) is 6.38. The fraction of sp³-hybridized carbons (Fsp3) is 0.400. The van der Waals surface area contributed by atoms with Crippen LogP contribution in [0.5, 0.6) is 11.5 Å². The first-order valence-corrected chi connectivity index (χ1v) is 9.42. The Morgan fingerprint density at radius 3 is 2.60 bits per heavy atom. The zero-order chi connectivity index (χ0) is 17.6. The Morgan fingerprint density at radius 2 is 1.88 bits per heavy atom. The fourth-order valence-electron chi connectivity index (χ4n) is 3.30. The molecule has 1 aliphatic heterocycles. The normalized spacial score (nSPS) is 15.8. The number of piperidine rings is 1. The first kappa shape index (κ1) is 18.1. The Labute approximate surface area is 158 Å². The Balaban J connectivity index is 1.54. The fourth-order valence-corrected chi connectivity index (χ4v) is 3.70. The van der Waals surface area contributed by atoms with Crippen molar-refractivity contribution in [3.05, 3.63) is 52.5 Å². The topological polar surface area (TPSA) is 33.7 Å². The molecular weight excluding hydrogens is 380 g/mol. The number of methoxy groups -OCH3 is 2. The first-order valence-electron chi connectivity index (χ1n) is 8.63. The van der Waals surface area contributed by atoms with Gasteiger partial charge in [-0.15, -0.1) is 0 Å². The third-order valence-corrected chi connectivity index (χ3v) is 5.16. The second kappa shape index (κ2) is 8.59. The van der Waals surface area contributed by atoms with Gasteiger partial charge in [0.15, 0.2) is 0 Å². The first-order chi connectivity index (χ1) is 12.2. The molecule has 4 nitrogen and oxygen atoms in total. The molecule has 2 aromatic rings. The van der Waals surface area contributed by atoms with Crippen LogP contribution in [0.4, 0.5) is 5.69 Å². The molecule has 1 saturated heterocycles. The van der Waals surface area contributed by atoms with E-state index in [0.717, 1.165) is 54.1 Å². The number of nitrogens with zero attached hydrogens (tertiary/aromatic N) is 1. The van der Waals surface area contributed by atoms with E-state index in [-0.39, 0.29) is 0 Å². The van der Waals surface area contributed by atoms with Gasteiger partial charge in [-0.05, 0) is 43.2 Å². The summed E-state index contributed by atoms with van der Waals surface area (Å²) in [6, 6.07) is 14.9. The van der Waals surface area contributed by atoms with Crippen LogP contribution in [0.1, 0.15) is 18.4 Å². The van der Waals surface area contributed by atoms with Crippen LogP contribution >= 0.6 is 15.9 Å². The number of rotatable bonds is 6. The highest BCUT2D eigenvalue weighted by molar-refractivity contribution is 9.10. The summed E-state index contributed by atoms with van der Waals surface area (Å²) in [5.41, 5.74) is 2.36. The number of likely N-dealkylation sites (tertiary alicyclic amines) is 1. The van der Waals surface area contributed by atoms with Gasteiger partial charge in [-0.3, -0.25) is 4.90 Å². The number of benzene rings is 2. The molecular formula is C20H25BrN2O2. The van der Waals surface area contributed by atoms with Gasteiger partial charge in [0.05, 0.1) is 14.2 Å². The number of ether oxygens (including phenoxy) is 2. The van der Waals surface area contributed by atoms with E-state index in [0.29, 0.717) is 6.04 Å². The Bertz CT molecular complexity index is 700. The molecule has 25 heavy (non-hydrogen) atoms. The van der Waals surface area contributed by atoms with Crippen LogP contribution in [0.15, 0.2) is 46.9 Å². The smallest absolute Gasteiger partial charge is 0.123 e. The zero-order valence-electron chi connectivity index (χ0n) is 14.8. The molecule has 1 aliphatic rings. The van der Waals surface area contributed by atoms with E-state index in [1.807, 2.05) is 24.3 Å². The molecule has 0 spiro atoms. The molecule has 1 N–H and O–H groups in total. The number of hydrogen-bond acceptors (Lipinski definition) is 4. The lowest BCUT2D eigenvalue weighted by atomic mass is 10.0. The average molecular weight is 405 g/mol. The molecule has 0 radical (unpaired) electrons. The molecule has 0 aliphatic carbocycles. The van der Waals surface area contributed by atoms with E-state index in [4.69, 9.17) is 9.47 Å². The van der Waals surface area contributed by atoms with Gasteiger partial charge in [-0.1, -0.05) is 22.0 Å². The lowest BCUT2D eigenvalue weighted by Gasteiger charge is -2.33. The van der Waals surface area contributed by atoms with Crippen LogP contribution in [-0.4, -0.2) is 38.3 Å². The van der Waals surface area contributed by atoms with Crippen molar-refractivity contribution in [1.82, 2.24) is 4.90 Å². The molecule has 0 atom stereocenters. The minimum absolute atomic E-state index is 0.507. The van der Waals surface area contributed by atoms with Crippen LogP contribution in [0.2, 0.25) is 0 Å². The van der Waals surface area contributed by atoms with Gasteiger partial charge in [-0.2, -0.15) is 0 Å². The molecule has 0 aromatic heterocycles. The van der Waals surface area contributed by atoms with Crippen LogP contribution in [0.3, 0.4) is 0 Å². The average Bonchev–Trinajstić information content (AvgIpc) is 2.64. The molecule has 0 amide bonds. The van der Waals surface area contributed by atoms with Crippen LogP contribution in [-0.2, 0) is 6.54 Å². The van der Waals surface area contributed by atoms with E-state index >= 15 is 0 Å². The second-order valence-corrected chi connectivity index (χ2v) is 7.30. The Kier molecular flexibility index (Phi) is 6.21. The quantitative estimate of drug-likeness (QED) is 0.765. The van der Waals surface area contributed by atoms with Crippen molar-refractivity contribution in [2.75, 3.05) is 32.6 Å². The molecule has 5 heteroatoms. The van der Waals surface area contributed by atoms with Gasteiger partial charge in [0.1, 0.15) is 11.5 Å². The maximum atomic E-state index is 5.49. The summed E-state index contributed by atoms with van der Waals surface area (Å²) in [7, 11) is 3.44. The number of halogens is 1. The van der Waals surface area contributed by atoms with Crippen molar-refractivity contribution in [1.29, 1.82) is 0 Å². The molecule has 1 heterocycles. The van der Waals surface area contributed by atoms with E-state index < -0.39 is 0 Å². The lowest BCUT2D eigenvalue weighted by Crippen LogP contribution is -2.38. The highest BCUT2D eigenvalue weighted by Gasteiger charge is 2.20. The van der Waals surface area contributed by atoms with E-state index in [1.54, 1.807) is 14.2 Å². The van der Waals surface area contributed by atoms with Crippen molar-refractivity contribution >= 4 is 21.6 Å². The zero-order valence-corrected chi connectivity index (χ0v) is 16.4. The summed E-state index contributed by atoms with van der Waals surface area (Å²) < 4.78 is 11.9. The minimum Gasteiger partial charge on any atom is -0.497 e. The third kappa shape index (κ3) is 4.89. The highest BCUT2D eigenvalue weighted by Crippen LogP contribution is 2.26. The summed E-state index contributed by atoms with van der Waals surface area (Å²) in [4.78, 5) is 2.49. The monoisotopic (exact) mass is 404 g/mol. The lowest BCUT2D eigenvalue weighted by molar-refractivity contribution is 0.209. The minimum atomic E-state index is 0.507. The molecule has 2 aromatic carbocycles. The predicted molar refractivity (Wildman–Crippen MR) is 106 cm³/mol. The molecule has 134 valence electrons.